The Morgan fingerprint density at radius 2 is 2.06 bits per heavy atom. The number of hydrogen-bond acceptors (Lipinski definition) is 5. The van der Waals surface area contributed by atoms with Gasteiger partial charge in [-0.05, 0) is 74.6 Å². The van der Waals surface area contributed by atoms with Crippen LogP contribution in [0.25, 0.3) is 11.4 Å². The van der Waals surface area contributed by atoms with Crippen LogP contribution in [0.2, 0.25) is 0 Å². The molecule has 2 bridgehead atoms. The van der Waals surface area contributed by atoms with Crippen molar-refractivity contribution in [2.45, 2.75) is 70.1 Å². The molecule has 0 radical (unpaired) electrons. The van der Waals surface area contributed by atoms with Gasteiger partial charge in [-0.2, -0.15) is 0 Å². The third kappa shape index (κ3) is 5.08. The van der Waals surface area contributed by atoms with Gasteiger partial charge in [0.15, 0.2) is 11.0 Å². The molecular weight excluding hydrogens is 408 g/mol. The summed E-state index contributed by atoms with van der Waals surface area (Å²) in [6.07, 6.45) is 7.53. The van der Waals surface area contributed by atoms with Crippen LogP contribution in [0.4, 0.5) is 0 Å². The first-order chi connectivity index (χ1) is 15.1. The molecule has 4 unspecified atom stereocenters. The highest BCUT2D eigenvalue weighted by Gasteiger charge is 2.42. The van der Waals surface area contributed by atoms with E-state index >= 15 is 0 Å². The molecule has 4 rings (SSSR count). The van der Waals surface area contributed by atoms with Crippen LogP contribution in [0.5, 0.6) is 5.75 Å². The second kappa shape index (κ2) is 10.1. The maximum atomic E-state index is 12.7. The average molecular weight is 443 g/mol. The second-order valence-corrected chi connectivity index (χ2v) is 9.97. The SMILES string of the molecule is CCCCn1c(SCC(=O)NC(C)C2CC3CCC2C3)nnc1-c1ccc(OC)cc1. The van der Waals surface area contributed by atoms with Gasteiger partial charge in [0.2, 0.25) is 5.91 Å². The number of thioether (sulfide) groups is 1. The van der Waals surface area contributed by atoms with Crippen LogP contribution in [-0.4, -0.2) is 39.6 Å². The van der Waals surface area contributed by atoms with E-state index in [1.807, 2.05) is 24.3 Å². The van der Waals surface area contributed by atoms with E-state index in [1.165, 1.54) is 37.4 Å². The van der Waals surface area contributed by atoms with Gasteiger partial charge in [0.05, 0.1) is 12.9 Å². The molecule has 2 fully saturated rings. The summed E-state index contributed by atoms with van der Waals surface area (Å²) in [6.45, 7) is 5.20. The van der Waals surface area contributed by atoms with Gasteiger partial charge in [-0.1, -0.05) is 31.5 Å². The molecule has 1 aromatic carbocycles. The van der Waals surface area contributed by atoms with Crippen molar-refractivity contribution in [2.75, 3.05) is 12.9 Å². The molecule has 0 spiro atoms. The number of aromatic nitrogens is 3. The van der Waals surface area contributed by atoms with Crippen molar-refractivity contribution >= 4 is 17.7 Å². The molecule has 7 heteroatoms. The fourth-order valence-corrected chi connectivity index (χ4v) is 6.08. The first-order valence-corrected chi connectivity index (χ1v) is 12.6. The average Bonchev–Trinajstić information content (AvgIpc) is 3.52. The van der Waals surface area contributed by atoms with Gasteiger partial charge in [0.25, 0.3) is 0 Å². The monoisotopic (exact) mass is 442 g/mol. The van der Waals surface area contributed by atoms with E-state index in [0.717, 1.165) is 53.5 Å². The Morgan fingerprint density at radius 1 is 1.26 bits per heavy atom. The van der Waals surface area contributed by atoms with Crippen molar-refractivity contribution in [3.63, 3.8) is 0 Å². The number of rotatable bonds is 10. The minimum absolute atomic E-state index is 0.0938. The zero-order valence-electron chi connectivity index (χ0n) is 18.8. The molecule has 1 N–H and O–H groups in total. The highest BCUT2D eigenvalue weighted by atomic mass is 32.2. The molecule has 0 aliphatic heterocycles. The van der Waals surface area contributed by atoms with Crippen LogP contribution in [0.3, 0.4) is 0 Å². The van der Waals surface area contributed by atoms with Gasteiger partial charge >= 0.3 is 0 Å². The van der Waals surface area contributed by atoms with Crippen LogP contribution in [-0.2, 0) is 11.3 Å². The standard InChI is InChI=1S/C24H34N4O2S/c1-4-5-12-28-23(18-8-10-20(30-3)11-9-18)26-27-24(28)31-15-22(29)25-16(2)21-14-17-6-7-19(21)13-17/h8-11,16-17,19,21H,4-7,12-15H2,1-3H3,(H,25,29). The smallest absolute Gasteiger partial charge is 0.230 e. The molecule has 1 heterocycles. The number of carbonyl (C=O) groups excluding carboxylic acids is 1. The maximum absolute atomic E-state index is 12.7. The lowest BCUT2D eigenvalue weighted by Gasteiger charge is -2.28. The summed E-state index contributed by atoms with van der Waals surface area (Å²) in [5, 5.41) is 12.9. The lowest BCUT2D eigenvalue weighted by molar-refractivity contribution is -0.119. The summed E-state index contributed by atoms with van der Waals surface area (Å²) in [6, 6.07) is 8.14. The molecule has 168 valence electrons. The Bertz CT molecular complexity index is 882. The molecule has 1 aromatic heterocycles. The minimum Gasteiger partial charge on any atom is -0.497 e. The summed E-state index contributed by atoms with van der Waals surface area (Å²) in [7, 11) is 1.66. The number of benzene rings is 1. The highest BCUT2D eigenvalue weighted by Crippen LogP contribution is 2.49. The van der Waals surface area contributed by atoms with Crippen molar-refractivity contribution in [3.8, 4) is 17.1 Å². The summed E-state index contributed by atoms with van der Waals surface area (Å²) in [5.41, 5.74) is 1.01. The van der Waals surface area contributed by atoms with Gasteiger partial charge < -0.3 is 14.6 Å². The quantitative estimate of drug-likeness (QED) is 0.536. The summed E-state index contributed by atoms with van der Waals surface area (Å²) in [5.74, 6) is 4.50. The first kappa shape index (κ1) is 22.2. The Balaban J connectivity index is 1.39. The molecule has 4 atom stereocenters. The van der Waals surface area contributed by atoms with Gasteiger partial charge in [0, 0.05) is 18.2 Å². The number of fused-ring (bicyclic) bond motifs is 2. The largest absolute Gasteiger partial charge is 0.497 e. The molecule has 2 aromatic rings. The number of carbonyl (C=O) groups is 1. The second-order valence-electron chi connectivity index (χ2n) is 9.02. The molecule has 2 saturated carbocycles. The van der Waals surface area contributed by atoms with E-state index in [1.54, 1.807) is 7.11 Å². The normalized spacial score (nSPS) is 23.1. The summed E-state index contributed by atoms with van der Waals surface area (Å²) in [4.78, 5) is 12.7. The molecule has 0 saturated heterocycles. The lowest BCUT2D eigenvalue weighted by Crippen LogP contribution is -2.40. The molecule has 2 aliphatic rings. The fraction of sp³-hybridized carbons (Fsp3) is 0.625. The Hall–Kier alpha value is -2.02. The van der Waals surface area contributed by atoms with Gasteiger partial charge in [0.1, 0.15) is 5.75 Å². The number of nitrogens with zero attached hydrogens (tertiary/aromatic N) is 3. The molecule has 2 aliphatic carbocycles. The number of amides is 1. The number of ether oxygens (including phenoxy) is 1. The molecule has 31 heavy (non-hydrogen) atoms. The molecule has 6 nitrogen and oxygen atoms in total. The predicted octanol–water partition coefficient (Wildman–Crippen LogP) is 4.79. The van der Waals surface area contributed by atoms with E-state index < -0.39 is 0 Å². The van der Waals surface area contributed by atoms with Crippen molar-refractivity contribution in [2.24, 2.45) is 17.8 Å². The molecule has 1 amide bonds. The van der Waals surface area contributed by atoms with Crippen LogP contribution < -0.4 is 10.1 Å². The number of nitrogens with one attached hydrogen (secondary N) is 1. The third-order valence-electron chi connectivity index (χ3n) is 6.96. The van der Waals surface area contributed by atoms with Crippen LogP contribution in [0, 0.1) is 17.8 Å². The van der Waals surface area contributed by atoms with E-state index in [2.05, 4.69) is 33.9 Å². The minimum atomic E-state index is 0.0938. The van der Waals surface area contributed by atoms with Crippen molar-refractivity contribution in [1.82, 2.24) is 20.1 Å². The lowest BCUT2D eigenvalue weighted by atomic mass is 9.84. The number of methoxy groups -OCH3 is 1. The van der Waals surface area contributed by atoms with E-state index in [9.17, 15) is 4.79 Å². The Labute approximate surface area is 189 Å². The summed E-state index contributed by atoms with van der Waals surface area (Å²) < 4.78 is 7.40. The fourth-order valence-electron chi connectivity index (χ4n) is 5.31. The van der Waals surface area contributed by atoms with Gasteiger partial charge in [-0.15, -0.1) is 10.2 Å². The molecular formula is C24H34N4O2S. The Kier molecular flexibility index (Phi) is 7.20. The van der Waals surface area contributed by atoms with Gasteiger partial charge in [-0.3, -0.25) is 4.79 Å². The van der Waals surface area contributed by atoms with Crippen LogP contribution >= 0.6 is 11.8 Å². The van der Waals surface area contributed by atoms with Crippen LogP contribution in [0.1, 0.15) is 52.4 Å². The Morgan fingerprint density at radius 3 is 2.71 bits per heavy atom. The van der Waals surface area contributed by atoms with E-state index in [4.69, 9.17) is 4.74 Å². The van der Waals surface area contributed by atoms with E-state index in [0.29, 0.717) is 11.7 Å². The number of unbranched alkanes of at least 4 members (excludes halogenated alkanes) is 1. The van der Waals surface area contributed by atoms with Crippen LogP contribution in [0.15, 0.2) is 29.4 Å². The highest BCUT2D eigenvalue weighted by molar-refractivity contribution is 7.99. The van der Waals surface area contributed by atoms with Gasteiger partial charge in [-0.25, -0.2) is 0 Å². The third-order valence-corrected chi connectivity index (χ3v) is 7.92. The van der Waals surface area contributed by atoms with Crippen molar-refractivity contribution < 1.29 is 9.53 Å². The maximum Gasteiger partial charge on any atom is 0.230 e. The zero-order chi connectivity index (χ0) is 21.8. The first-order valence-electron chi connectivity index (χ1n) is 11.6. The van der Waals surface area contributed by atoms with E-state index in [-0.39, 0.29) is 11.9 Å². The number of hydrogen-bond donors (Lipinski definition) is 1. The summed E-state index contributed by atoms with van der Waals surface area (Å²) >= 11 is 1.48. The van der Waals surface area contributed by atoms with Crippen molar-refractivity contribution in [3.05, 3.63) is 24.3 Å². The van der Waals surface area contributed by atoms with Crippen molar-refractivity contribution in [1.29, 1.82) is 0 Å². The predicted molar refractivity (Wildman–Crippen MR) is 124 cm³/mol. The topological polar surface area (TPSA) is 69.0 Å². The zero-order valence-corrected chi connectivity index (χ0v) is 19.7.